The van der Waals surface area contributed by atoms with Crippen LogP contribution >= 0.6 is 15.9 Å². The zero-order valence-corrected chi connectivity index (χ0v) is 21.1. The fourth-order valence-electron chi connectivity index (χ4n) is 4.75. The van der Waals surface area contributed by atoms with Gasteiger partial charge in [0.25, 0.3) is 11.8 Å². The van der Waals surface area contributed by atoms with Crippen LogP contribution in [-0.2, 0) is 9.59 Å². The Morgan fingerprint density at radius 1 is 1.19 bits per heavy atom. The van der Waals surface area contributed by atoms with Crippen LogP contribution in [0.4, 0.5) is 0 Å². The molecule has 2 amide bonds. The zero-order chi connectivity index (χ0) is 23.3. The van der Waals surface area contributed by atoms with Crippen LogP contribution in [0.2, 0.25) is 0 Å². The van der Waals surface area contributed by atoms with E-state index < -0.39 is 5.91 Å². The quantitative estimate of drug-likeness (QED) is 0.314. The zero-order valence-electron chi connectivity index (χ0n) is 19.5. The molecule has 0 radical (unpaired) electrons. The van der Waals surface area contributed by atoms with Crippen LogP contribution in [0.15, 0.2) is 44.6 Å². The summed E-state index contributed by atoms with van der Waals surface area (Å²) in [6, 6.07) is 2.06. The van der Waals surface area contributed by atoms with Gasteiger partial charge in [-0.05, 0) is 77.8 Å². The van der Waals surface area contributed by atoms with Crippen molar-refractivity contribution >= 4 is 27.7 Å². The van der Waals surface area contributed by atoms with Crippen molar-refractivity contribution < 1.29 is 9.59 Å². The largest absolute Gasteiger partial charge is 0.374 e. The molecule has 0 aromatic rings. The van der Waals surface area contributed by atoms with Gasteiger partial charge in [0.2, 0.25) is 0 Å². The maximum Gasteiger partial charge on any atom is 0.271 e. The first kappa shape index (κ1) is 24.5. The Morgan fingerprint density at radius 2 is 1.91 bits per heavy atom. The van der Waals surface area contributed by atoms with Crippen LogP contribution in [0, 0.1) is 17.2 Å². The summed E-state index contributed by atoms with van der Waals surface area (Å²) in [5.41, 5.74) is 3.34. The lowest BCUT2D eigenvalue weighted by molar-refractivity contribution is -0.141. The number of rotatable bonds is 8. The Labute approximate surface area is 200 Å². The molecular formula is C26H34BrN3O2. The fourth-order valence-corrected chi connectivity index (χ4v) is 5.44. The van der Waals surface area contributed by atoms with Crippen molar-refractivity contribution in [3.63, 3.8) is 0 Å². The first-order valence-electron chi connectivity index (χ1n) is 11.9. The monoisotopic (exact) mass is 499 g/mol. The Hall–Kier alpha value is -2.13. The van der Waals surface area contributed by atoms with E-state index in [-0.39, 0.29) is 17.4 Å². The lowest BCUT2D eigenvalue weighted by Gasteiger charge is -2.31. The third-order valence-electron chi connectivity index (χ3n) is 6.84. The topological polar surface area (TPSA) is 64.4 Å². The highest BCUT2D eigenvalue weighted by Gasteiger charge is 2.36. The molecule has 32 heavy (non-hydrogen) atoms. The minimum Gasteiger partial charge on any atom is -0.374 e. The molecule has 0 aromatic heterocycles. The summed E-state index contributed by atoms with van der Waals surface area (Å²) in [5.74, 6) is -0.463. The Bertz CT molecular complexity index is 929. The summed E-state index contributed by atoms with van der Waals surface area (Å²) in [7, 11) is 0. The predicted octanol–water partition coefficient (Wildman–Crippen LogP) is 5.76. The highest BCUT2D eigenvalue weighted by atomic mass is 79.9. The molecule has 172 valence electrons. The molecule has 0 aromatic carbocycles. The summed E-state index contributed by atoms with van der Waals surface area (Å²) < 4.78 is 1.06. The number of piperidine rings is 1. The molecule has 2 aliphatic heterocycles. The van der Waals surface area contributed by atoms with Gasteiger partial charge in [0.05, 0.1) is 0 Å². The van der Waals surface area contributed by atoms with Gasteiger partial charge in [-0.25, -0.2) is 0 Å². The number of allylic oxidation sites excluding steroid dienone is 4. The first-order valence-corrected chi connectivity index (χ1v) is 12.7. The highest BCUT2D eigenvalue weighted by Crippen LogP contribution is 2.36. The molecule has 0 saturated carbocycles. The lowest BCUT2D eigenvalue weighted by Crippen LogP contribution is -2.45. The second-order valence-electron chi connectivity index (χ2n) is 9.05. The molecule has 2 heterocycles. The molecule has 1 fully saturated rings. The van der Waals surface area contributed by atoms with Gasteiger partial charge in [-0.2, -0.15) is 5.26 Å². The van der Waals surface area contributed by atoms with Gasteiger partial charge in [0, 0.05) is 41.8 Å². The van der Waals surface area contributed by atoms with Crippen molar-refractivity contribution in [1.82, 2.24) is 9.80 Å². The van der Waals surface area contributed by atoms with Crippen molar-refractivity contribution in [2.24, 2.45) is 5.92 Å². The molecule has 3 aliphatic rings. The molecule has 1 aliphatic carbocycles. The molecular weight excluding hydrogens is 466 g/mol. The molecule has 0 bridgehead atoms. The molecule has 5 nitrogen and oxygen atoms in total. The van der Waals surface area contributed by atoms with Crippen LogP contribution in [0.1, 0.15) is 72.1 Å². The number of carbonyl (C=O) groups is 2. The molecule has 6 heteroatoms. The smallest absolute Gasteiger partial charge is 0.271 e. The summed E-state index contributed by atoms with van der Waals surface area (Å²) in [6.45, 7) is 8.47. The van der Waals surface area contributed by atoms with Crippen LogP contribution < -0.4 is 0 Å². The molecule has 3 rings (SSSR count). The van der Waals surface area contributed by atoms with Gasteiger partial charge in [-0.3, -0.25) is 14.5 Å². The average Bonchev–Trinajstić information content (AvgIpc) is 3.17. The molecule has 1 unspecified atom stereocenters. The Balaban J connectivity index is 1.85. The van der Waals surface area contributed by atoms with E-state index in [2.05, 4.69) is 46.8 Å². The number of hydrogen-bond acceptors (Lipinski definition) is 4. The fraction of sp³-hybridized carbons (Fsp3) is 0.577. The Morgan fingerprint density at radius 3 is 2.53 bits per heavy atom. The van der Waals surface area contributed by atoms with E-state index >= 15 is 0 Å². The van der Waals surface area contributed by atoms with Gasteiger partial charge in [0.1, 0.15) is 11.6 Å². The number of imide groups is 1. The lowest BCUT2D eigenvalue weighted by atomic mass is 9.91. The number of amides is 2. The van der Waals surface area contributed by atoms with Gasteiger partial charge in [0.15, 0.2) is 0 Å². The van der Waals surface area contributed by atoms with E-state index in [1.54, 1.807) is 6.92 Å². The molecule has 1 atom stereocenters. The van der Waals surface area contributed by atoms with Crippen LogP contribution in [0.25, 0.3) is 0 Å². The second-order valence-corrected chi connectivity index (χ2v) is 9.90. The number of nitrogens with zero attached hydrogens (tertiary/aromatic N) is 3. The Kier molecular flexibility index (Phi) is 8.53. The van der Waals surface area contributed by atoms with Crippen molar-refractivity contribution in [2.45, 2.75) is 72.1 Å². The maximum absolute atomic E-state index is 13.4. The second kappa shape index (κ2) is 11.1. The normalized spacial score (nSPS) is 22.1. The minimum atomic E-state index is -0.448. The first-order chi connectivity index (χ1) is 15.4. The third kappa shape index (κ3) is 5.26. The molecule has 0 N–H and O–H groups in total. The van der Waals surface area contributed by atoms with Crippen LogP contribution in [0.3, 0.4) is 0 Å². The van der Waals surface area contributed by atoms with E-state index in [9.17, 15) is 14.9 Å². The van der Waals surface area contributed by atoms with E-state index in [1.165, 1.54) is 29.9 Å². The summed E-state index contributed by atoms with van der Waals surface area (Å²) in [5, 5.41) is 9.67. The third-order valence-corrected chi connectivity index (χ3v) is 7.52. The predicted molar refractivity (Wildman–Crippen MR) is 130 cm³/mol. The number of likely N-dealkylation sites (tertiary alicyclic amines) is 1. The summed E-state index contributed by atoms with van der Waals surface area (Å²) in [6.07, 6.45) is 12.5. The number of halogens is 1. The average molecular weight is 500 g/mol. The molecule has 0 spiro atoms. The standard InChI is InChI=1S/C26H34BrN3O2/c1-4-6-10-19(5-2)17-30-25(31)21(18(3)22(16-28)26(30)32)13-20-14-23(27)24(15-20)29-11-8-7-9-12-29/h13-14,19H,4-12,15,17H2,1-3H3/b21-13+. The number of hydrogen-bond donors (Lipinski definition) is 0. The minimum absolute atomic E-state index is 0.0862. The number of nitriles is 1. The van der Waals surface area contributed by atoms with Crippen LogP contribution in [0.5, 0.6) is 0 Å². The van der Waals surface area contributed by atoms with Crippen molar-refractivity contribution in [1.29, 1.82) is 5.26 Å². The SMILES string of the molecule is CCCCC(CC)CN1C(=O)C(C#N)=C(C)/C(=C\C2=CC(Br)=C(N3CCCCC3)C2)C1=O. The van der Waals surface area contributed by atoms with E-state index in [0.717, 1.165) is 55.2 Å². The van der Waals surface area contributed by atoms with Gasteiger partial charge in [-0.15, -0.1) is 0 Å². The number of carbonyl (C=O) groups excluding carboxylic acids is 2. The van der Waals surface area contributed by atoms with Gasteiger partial charge >= 0.3 is 0 Å². The van der Waals surface area contributed by atoms with Crippen molar-refractivity contribution in [3.8, 4) is 6.07 Å². The summed E-state index contributed by atoms with van der Waals surface area (Å²) in [4.78, 5) is 30.1. The van der Waals surface area contributed by atoms with Crippen molar-refractivity contribution in [2.75, 3.05) is 19.6 Å². The van der Waals surface area contributed by atoms with Crippen molar-refractivity contribution in [3.05, 3.63) is 44.6 Å². The van der Waals surface area contributed by atoms with E-state index in [1.807, 2.05) is 6.08 Å². The van der Waals surface area contributed by atoms with E-state index in [4.69, 9.17) is 0 Å². The van der Waals surface area contributed by atoms with E-state index in [0.29, 0.717) is 17.7 Å². The van der Waals surface area contributed by atoms with Gasteiger partial charge < -0.3 is 4.90 Å². The molecule has 1 saturated heterocycles. The van der Waals surface area contributed by atoms with Crippen LogP contribution in [-0.4, -0.2) is 41.2 Å². The summed E-state index contributed by atoms with van der Waals surface area (Å²) >= 11 is 3.71. The number of unbranched alkanes of at least 4 members (excludes halogenated alkanes) is 1. The van der Waals surface area contributed by atoms with Gasteiger partial charge in [-0.1, -0.05) is 33.1 Å². The highest BCUT2D eigenvalue weighted by molar-refractivity contribution is 9.11. The maximum atomic E-state index is 13.4.